The number of phenols is 1. The summed E-state index contributed by atoms with van der Waals surface area (Å²) < 4.78 is 0. The fraction of sp³-hybridized carbons (Fsp3) is 0.400. The molecule has 0 aliphatic heterocycles. The van der Waals surface area contributed by atoms with Crippen LogP contribution in [0.2, 0.25) is 0 Å². The van der Waals surface area contributed by atoms with Gasteiger partial charge in [0.15, 0.2) is 0 Å². The average molecular weight is 166 g/mol. The van der Waals surface area contributed by atoms with Gasteiger partial charge in [0.25, 0.3) is 0 Å². The number of phenolic OH excluding ortho intramolecular Hbond substituents is 1. The highest BCUT2D eigenvalue weighted by Gasteiger charge is 1.97. The number of aliphatic hydroxyl groups excluding tert-OH is 1. The number of hydrogen-bond donors (Lipinski definition) is 2. The molecule has 1 rings (SSSR count). The van der Waals surface area contributed by atoms with E-state index in [0.29, 0.717) is 6.42 Å². The maximum absolute atomic E-state index is 9.27. The first-order valence-electron chi connectivity index (χ1n) is 4.19. The van der Waals surface area contributed by atoms with E-state index in [-0.39, 0.29) is 12.4 Å². The summed E-state index contributed by atoms with van der Waals surface area (Å²) in [5.41, 5.74) is 2.10. The van der Waals surface area contributed by atoms with Crippen LogP contribution >= 0.6 is 0 Å². The van der Waals surface area contributed by atoms with Crippen LogP contribution in [0, 0.1) is 0 Å². The Labute approximate surface area is 72.5 Å². The van der Waals surface area contributed by atoms with E-state index >= 15 is 0 Å². The molecule has 0 amide bonds. The SMILES string of the molecule is CCc1cc(O)cc(CCO)c1. The fourth-order valence-corrected chi connectivity index (χ4v) is 1.22. The number of aliphatic hydroxyl groups is 1. The smallest absolute Gasteiger partial charge is 0.116 e. The summed E-state index contributed by atoms with van der Waals surface area (Å²) in [6.45, 7) is 2.17. The summed E-state index contributed by atoms with van der Waals surface area (Å²) in [6, 6.07) is 5.45. The molecule has 0 atom stereocenters. The zero-order chi connectivity index (χ0) is 8.97. The number of hydrogen-bond acceptors (Lipinski definition) is 2. The van der Waals surface area contributed by atoms with Crippen LogP contribution in [-0.2, 0) is 12.8 Å². The maximum atomic E-state index is 9.27. The third-order valence-electron chi connectivity index (χ3n) is 1.85. The van der Waals surface area contributed by atoms with Crippen molar-refractivity contribution in [2.75, 3.05) is 6.61 Å². The second kappa shape index (κ2) is 4.12. The molecule has 0 heterocycles. The lowest BCUT2D eigenvalue weighted by atomic mass is 10.1. The normalized spacial score (nSPS) is 10.2. The van der Waals surface area contributed by atoms with Crippen molar-refractivity contribution < 1.29 is 10.2 Å². The molecule has 2 N–H and O–H groups in total. The number of rotatable bonds is 3. The highest BCUT2D eigenvalue weighted by atomic mass is 16.3. The molecule has 0 bridgehead atoms. The van der Waals surface area contributed by atoms with Gasteiger partial charge in [-0.3, -0.25) is 0 Å². The van der Waals surface area contributed by atoms with Crippen molar-refractivity contribution in [3.63, 3.8) is 0 Å². The van der Waals surface area contributed by atoms with E-state index in [1.165, 1.54) is 0 Å². The molecule has 0 aromatic heterocycles. The van der Waals surface area contributed by atoms with E-state index in [1.54, 1.807) is 12.1 Å². The summed E-state index contributed by atoms with van der Waals surface area (Å²) in [7, 11) is 0. The van der Waals surface area contributed by atoms with Crippen LogP contribution in [0.25, 0.3) is 0 Å². The molecule has 0 spiro atoms. The molecule has 0 radical (unpaired) electrons. The lowest BCUT2D eigenvalue weighted by Gasteiger charge is -2.03. The first-order chi connectivity index (χ1) is 5.76. The van der Waals surface area contributed by atoms with Gasteiger partial charge in [-0.15, -0.1) is 0 Å². The second-order valence-electron chi connectivity index (χ2n) is 2.83. The molecule has 0 fully saturated rings. The minimum Gasteiger partial charge on any atom is -0.508 e. The van der Waals surface area contributed by atoms with Gasteiger partial charge in [0.1, 0.15) is 5.75 Å². The molecule has 2 nitrogen and oxygen atoms in total. The van der Waals surface area contributed by atoms with Gasteiger partial charge in [0.05, 0.1) is 0 Å². The van der Waals surface area contributed by atoms with Crippen molar-refractivity contribution in [3.8, 4) is 5.75 Å². The molecule has 1 aromatic carbocycles. The predicted octanol–water partition coefficient (Wildman–Crippen LogP) is 1.49. The number of aryl methyl sites for hydroxylation is 1. The molecule has 1 aromatic rings. The van der Waals surface area contributed by atoms with Gasteiger partial charge in [0.2, 0.25) is 0 Å². The molecular weight excluding hydrogens is 152 g/mol. The highest BCUT2D eigenvalue weighted by Crippen LogP contribution is 2.16. The van der Waals surface area contributed by atoms with Crippen LogP contribution in [0.15, 0.2) is 18.2 Å². The minimum absolute atomic E-state index is 0.132. The lowest BCUT2D eigenvalue weighted by molar-refractivity contribution is 0.299. The third kappa shape index (κ3) is 2.24. The first kappa shape index (κ1) is 9.07. The van der Waals surface area contributed by atoms with Crippen molar-refractivity contribution in [2.45, 2.75) is 19.8 Å². The van der Waals surface area contributed by atoms with Crippen molar-refractivity contribution in [1.82, 2.24) is 0 Å². The number of aromatic hydroxyl groups is 1. The fourth-order valence-electron chi connectivity index (χ4n) is 1.22. The highest BCUT2D eigenvalue weighted by molar-refractivity contribution is 5.33. The largest absolute Gasteiger partial charge is 0.508 e. The molecule has 0 unspecified atom stereocenters. The Morgan fingerprint density at radius 2 is 1.83 bits per heavy atom. The van der Waals surface area contributed by atoms with Crippen molar-refractivity contribution in [2.24, 2.45) is 0 Å². The Bertz CT molecular complexity index is 256. The molecule has 2 heteroatoms. The molecule has 0 saturated heterocycles. The van der Waals surface area contributed by atoms with Gasteiger partial charge in [-0.05, 0) is 36.1 Å². The molecule has 0 saturated carbocycles. The van der Waals surface area contributed by atoms with Crippen molar-refractivity contribution in [3.05, 3.63) is 29.3 Å². The van der Waals surface area contributed by atoms with Crippen LogP contribution in [0.3, 0.4) is 0 Å². The quantitative estimate of drug-likeness (QED) is 0.714. The monoisotopic (exact) mass is 166 g/mol. The molecule has 12 heavy (non-hydrogen) atoms. The standard InChI is InChI=1S/C10H14O2/c1-2-8-5-9(3-4-11)7-10(12)6-8/h5-7,11-12H,2-4H2,1H3. The van der Waals surface area contributed by atoms with Gasteiger partial charge < -0.3 is 10.2 Å². The Kier molecular flexibility index (Phi) is 3.11. The molecular formula is C10H14O2. The van der Waals surface area contributed by atoms with E-state index in [2.05, 4.69) is 0 Å². The zero-order valence-electron chi connectivity index (χ0n) is 7.25. The Morgan fingerprint density at radius 1 is 1.17 bits per heavy atom. The predicted molar refractivity (Wildman–Crippen MR) is 48.3 cm³/mol. The molecule has 66 valence electrons. The van der Waals surface area contributed by atoms with Crippen molar-refractivity contribution in [1.29, 1.82) is 0 Å². The van der Waals surface area contributed by atoms with E-state index in [1.807, 2.05) is 13.0 Å². The topological polar surface area (TPSA) is 40.5 Å². The van der Waals surface area contributed by atoms with Crippen LogP contribution in [0.5, 0.6) is 5.75 Å². The first-order valence-corrected chi connectivity index (χ1v) is 4.19. The van der Waals surface area contributed by atoms with Gasteiger partial charge in [-0.2, -0.15) is 0 Å². The van der Waals surface area contributed by atoms with Crippen LogP contribution in [0.4, 0.5) is 0 Å². The second-order valence-corrected chi connectivity index (χ2v) is 2.83. The van der Waals surface area contributed by atoms with E-state index in [9.17, 15) is 5.11 Å². The Morgan fingerprint density at radius 3 is 2.42 bits per heavy atom. The van der Waals surface area contributed by atoms with Gasteiger partial charge in [-0.1, -0.05) is 13.0 Å². The van der Waals surface area contributed by atoms with Crippen molar-refractivity contribution >= 4 is 0 Å². The molecule has 0 aliphatic rings. The summed E-state index contributed by atoms with van der Waals surface area (Å²) in [5.74, 6) is 0.290. The Hall–Kier alpha value is -1.02. The van der Waals surface area contributed by atoms with E-state index in [4.69, 9.17) is 5.11 Å². The number of benzene rings is 1. The third-order valence-corrected chi connectivity index (χ3v) is 1.85. The van der Waals surface area contributed by atoms with E-state index < -0.39 is 0 Å². The lowest BCUT2D eigenvalue weighted by Crippen LogP contribution is -1.92. The summed E-state index contributed by atoms with van der Waals surface area (Å²) >= 11 is 0. The summed E-state index contributed by atoms with van der Waals surface area (Å²) in [5, 5.41) is 18.0. The van der Waals surface area contributed by atoms with Gasteiger partial charge in [0, 0.05) is 6.61 Å². The van der Waals surface area contributed by atoms with Crippen LogP contribution in [0.1, 0.15) is 18.1 Å². The van der Waals surface area contributed by atoms with E-state index in [0.717, 1.165) is 17.5 Å². The van der Waals surface area contributed by atoms with Crippen LogP contribution in [-0.4, -0.2) is 16.8 Å². The Balaban J connectivity index is 2.90. The zero-order valence-corrected chi connectivity index (χ0v) is 7.25. The maximum Gasteiger partial charge on any atom is 0.116 e. The summed E-state index contributed by atoms with van der Waals surface area (Å²) in [6.07, 6.45) is 1.52. The summed E-state index contributed by atoms with van der Waals surface area (Å²) in [4.78, 5) is 0. The van der Waals surface area contributed by atoms with Gasteiger partial charge >= 0.3 is 0 Å². The molecule has 0 aliphatic carbocycles. The van der Waals surface area contributed by atoms with Crippen LogP contribution < -0.4 is 0 Å². The average Bonchev–Trinajstić information content (AvgIpc) is 2.04. The van der Waals surface area contributed by atoms with Gasteiger partial charge in [-0.25, -0.2) is 0 Å². The minimum atomic E-state index is 0.132.